The van der Waals surface area contributed by atoms with Crippen molar-refractivity contribution in [1.82, 2.24) is 0 Å². The highest BCUT2D eigenvalue weighted by Crippen LogP contribution is 2.52. The van der Waals surface area contributed by atoms with Gasteiger partial charge in [-0.25, -0.2) is 4.39 Å². The predicted molar refractivity (Wildman–Crippen MR) is 64.7 cm³/mol. The molecule has 8 heteroatoms. The minimum Gasteiger partial charge on any atom is -0.374 e. The number of hydrogen-bond acceptors (Lipinski definition) is 2. The minimum absolute atomic E-state index is 0.701. The van der Waals surface area contributed by atoms with Gasteiger partial charge in [-0.3, -0.25) is 0 Å². The topological polar surface area (TPSA) is 20.2 Å². The normalized spacial score (nSPS) is 15.8. The highest BCUT2D eigenvalue weighted by Gasteiger charge is 2.71. The highest BCUT2D eigenvalue weighted by molar-refractivity contribution is 7.08. The van der Waals surface area contributed by atoms with Gasteiger partial charge >= 0.3 is 12.1 Å². The molecule has 0 aliphatic heterocycles. The predicted octanol–water partition coefficient (Wildman–Crippen LogP) is 4.32. The SMILES string of the molecule is OC(c1ccsc1)(c1ccccc1F)C(F)(F)C(F)(F)F. The van der Waals surface area contributed by atoms with Gasteiger partial charge in [0.15, 0.2) is 5.60 Å². The Balaban J connectivity index is 2.77. The summed E-state index contributed by atoms with van der Waals surface area (Å²) in [6.07, 6.45) is -6.05. The molecule has 1 atom stereocenters. The monoisotopic (exact) mass is 326 g/mol. The Morgan fingerprint density at radius 3 is 2.05 bits per heavy atom. The van der Waals surface area contributed by atoms with Gasteiger partial charge in [0.1, 0.15) is 5.82 Å². The van der Waals surface area contributed by atoms with Crippen molar-refractivity contribution < 1.29 is 31.4 Å². The summed E-state index contributed by atoms with van der Waals surface area (Å²) in [5.74, 6) is -6.92. The molecule has 1 N–H and O–H groups in total. The van der Waals surface area contributed by atoms with Crippen LogP contribution in [0.2, 0.25) is 0 Å². The third-order valence-corrected chi connectivity index (χ3v) is 3.70. The molecule has 1 nitrogen and oxygen atoms in total. The van der Waals surface area contributed by atoms with Crippen LogP contribution >= 0.6 is 11.3 Å². The lowest BCUT2D eigenvalue weighted by Crippen LogP contribution is -2.55. The fourth-order valence-corrected chi connectivity index (χ4v) is 2.64. The summed E-state index contributed by atoms with van der Waals surface area (Å²) in [5, 5.41) is 12.3. The molecule has 2 aromatic rings. The van der Waals surface area contributed by atoms with Gasteiger partial charge in [0.2, 0.25) is 0 Å². The summed E-state index contributed by atoms with van der Waals surface area (Å²) in [6, 6.07) is 4.50. The second-order valence-corrected chi connectivity index (χ2v) is 5.05. The van der Waals surface area contributed by atoms with E-state index in [1.54, 1.807) is 0 Å². The number of benzene rings is 1. The zero-order valence-electron chi connectivity index (χ0n) is 10.2. The fourth-order valence-electron chi connectivity index (χ4n) is 1.94. The molecule has 1 heterocycles. The van der Waals surface area contributed by atoms with E-state index in [0.29, 0.717) is 12.1 Å². The van der Waals surface area contributed by atoms with Crippen molar-refractivity contribution in [3.05, 3.63) is 58.0 Å². The number of hydrogen-bond donors (Lipinski definition) is 1. The molecule has 0 spiro atoms. The summed E-state index contributed by atoms with van der Waals surface area (Å²) < 4.78 is 79.6. The van der Waals surface area contributed by atoms with Gasteiger partial charge < -0.3 is 5.11 Å². The van der Waals surface area contributed by atoms with Crippen LogP contribution in [0.15, 0.2) is 41.1 Å². The molecule has 0 aliphatic rings. The minimum atomic E-state index is -6.05. The largest absolute Gasteiger partial charge is 0.457 e. The Hall–Kier alpha value is -1.54. The average Bonchev–Trinajstić information content (AvgIpc) is 2.91. The van der Waals surface area contributed by atoms with E-state index in [-0.39, 0.29) is 0 Å². The Kier molecular flexibility index (Phi) is 3.79. The van der Waals surface area contributed by atoms with Gasteiger partial charge in [-0.2, -0.15) is 33.3 Å². The van der Waals surface area contributed by atoms with Crippen molar-refractivity contribution in [2.45, 2.75) is 17.7 Å². The molecule has 1 aromatic carbocycles. The lowest BCUT2D eigenvalue weighted by Gasteiger charge is -2.37. The number of alkyl halides is 5. The van der Waals surface area contributed by atoms with Crippen LogP contribution in [0.25, 0.3) is 0 Å². The first-order valence-corrected chi connectivity index (χ1v) is 6.51. The third-order valence-electron chi connectivity index (χ3n) is 3.01. The van der Waals surface area contributed by atoms with E-state index >= 15 is 0 Å². The molecule has 0 amide bonds. The molecule has 21 heavy (non-hydrogen) atoms. The first-order valence-electron chi connectivity index (χ1n) is 5.57. The van der Waals surface area contributed by atoms with Crippen LogP contribution in [-0.2, 0) is 5.60 Å². The van der Waals surface area contributed by atoms with Gasteiger partial charge in [0, 0.05) is 11.1 Å². The zero-order chi connectivity index (χ0) is 15.9. The van der Waals surface area contributed by atoms with Crippen LogP contribution < -0.4 is 0 Å². The van der Waals surface area contributed by atoms with E-state index in [0.717, 1.165) is 34.9 Å². The van der Waals surface area contributed by atoms with E-state index in [1.165, 1.54) is 5.38 Å². The van der Waals surface area contributed by atoms with Gasteiger partial charge in [0.05, 0.1) is 0 Å². The number of rotatable bonds is 3. The lowest BCUT2D eigenvalue weighted by atomic mass is 9.81. The van der Waals surface area contributed by atoms with E-state index in [2.05, 4.69) is 0 Å². The number of aliphatic hydroxyl groups is 1. The van der Waals surface area contributed by atoms with Crippen molar-refractivity contribution in [2.24, 2.45) is 0 Å². The molecule has 1 aromatic heterocycles. The van der Waals surface area contributed by atoms with E-state index in [9.17, 15) is 31.4 Å². The Labute approximate surface area is 119 Å². The molecule has 114 valence electrons. The Bertz CT molecular complexity index is 622. The Morgan fingerprint density at radius 2 is 1.57 bits per heavy atom. The molecule has 0 radical (unpaired) electrons. The lowest BCUT2D eigenvalue weighted by molar-refractivity contribution is -0.336. The number of thiophene rings is 1. The van der Waals surface area contributed by atoms with Gasteiger partial charge in [0.25, 0.3) is 0 Å². The van der Waals surface area contributed by atoms with Crippen LogP contribution in [-0.4, -0.2) is 17.2 Å². The van der Waals surface area contributed by atoms with Crippen molar-refractivity contribution >= 4 is 11.3 Å². The molecular formula is C13H8F6OS. The Morgan fingerprint density at radius 1 is 0.952 bits per heavy atom. The fraction of sp³-hybridized carbons (Fsp3) is 0.231. The van der Waals surface area contributed by atoms with Crippen molar-refractivity contribution in [1.29, 1.82) is 0 Å². The quantitative estimate of drug-likeness (QED) is 0.833. The summed E-state index contributed by atoms with van der Waals surface area (Å²) >= 11 is 0.811. The van der Waals surface area contributed by atoms with Crippen LogP contribution in [0.5, 0.6) is 0 Å². The van der Waals surface area contributed by atoms with Crippen LogP contribution in [0.3, 0.4) is 0 Å². The summed E-state index contributed by atoms with van der Waals surface area (Å²) in [5.41, 5.74) is -5.69. The smallest absolute Gasteiger partial charge is 0.374 e. The van der Waals surface area contributed by atoms with Crippen molar-refractivity contribution in [3.63, 3.8) is 0 Å². The first-order chi connectivity index (χ1) is 9.62. The first kappa shape index (κ1) is 15.8. The average molecular weight is 326 g/mol. The van der Waals surface area contributed by atoms with Crippen molar-refractivity contribution in [2.75, 3.05) is 0 Å². The van der Waals surface area contributed by atoms with Crippen molar-refractivity contribution in [3.8, 4) is 0 Å². The van der Waals surface area contributed by atoms with Crippen LogP contribution in [0, 0.1) is 5.82 Å². The maximum Gasteiger partial charge on any atom is 0.457 e. The standard InChI is InChI=1S/C13H8F6OS/c14-10-4-2-1-3-9(10)11(20,8-5-6-21-7-8)12(15,16)13(17,18)19/h1-7,20H. The van der Waals surface area contributed by atoms with Gasteiger partial charge in [-0.05, 0) is 22.9 Å². The zero-order valence-corrected chi connectivity index (χ0v) is 11.0. The molecule has 2 rings (SSSR count). The highest BCUT2D eigenvalue weighted by atomic mass is 32.1. The molecule has 0 aliphatic carbocycles. The maximum absolute atomic E-state index is 13.9. The van der Waals surface area contributed by atoms with Gasteiger partial charge in [-0.1, -0.05) is 18.2 Å². The summed E-state index contributed by atoms with van der Waals surface area (Å²) in [4.78, 5) is 0. The summed E-state index contributed by atoms with van der Waals surface area (Å²) in [6.45, 7) is 0. The molecule has 0 bridgehead atoms. The van der Waals surface area contributed by atoms with Crippen LogP contribution in [0.4, 0.5) is 26.3 Å². The van der Waals surface area contributed by atoms with E-state index < -0.39 is 34.6 Å². The van der Waals surface area contributed by atoms with E-state index in [4.69, 9.17) is 0 Å². The maximum atomic E-state index is 13.9. The second kappa shape index (κ2) is 5.03. The molecule has 0 saturated heterocycles. The molecule has 0 saturated carbocycles. The molecular weight excluding hydrogens is 318 g/mol. The van der Waals surface area contributed by atoms with Gasteiger partial charge in [-0.15, -0.1) is 0 Å². The van der Waals surface area contributed by atoms with Crippen LogP contribution in [0.1, 0.15) is 11.1 Å². The second-order valence-electron chi connectivity index (χ2n) is 4.27. The molecule has 0 fully saturated rings. The summed E-state index contributed by atoms with van der Waals surface area (Å²) in [7, 11) is 0. The molecule has 1 unspecified atom stereocenters. The third kappa shape index (κ3) is 2.32. The van der Waals surface area contributed by atoms with E-state index in [1.807, 2.05) is 0 Å². The number of halogens is 6.